The first-order valence-electron chi connectivity index (χ1n) is 11.0. The number of non-ortho nitro benzene ring substituents is 1. The lowest BCUT2D eigenvalue weighted by molar-refractivity contribution is -0.384. The number of benzene rings is 2. The summed E-state index contributed by atoms with van der Waals surface area (Å²) in [7, 11) is 0. The number of carbonyl (C=O) groups is 1. The normalized spacial score (nSPS) is 18.5. The number of carbonyl (C=O) groups excluding carboxylic acids is 1. The van der Waals surface area contributed by atoms with Gasteiger partial charge in [0.1, 0.15) is 5.69 Å². The molecular formula is C24H25N5O4. The average molecular weight is 447 g/mol. The van der Waals surface area contributed by atoms with Crippen LogP contribution in [0.5, 0.6) is 0 Å². The molecule has 170 valence electrons. The Morgan fingerprint density at radius 1 is 1.15 bits per heavy atom. The van der Waals surface area contributed by atoms with Crippen molar-refractivity contribution >= 4 is 11.6 Å². The third-order valence-electron chi connectivity index (χ3n) is 6.35. The van der Waals surface area contributed by atoms with E-state index < -0.39 is 11.0 Å². The highest BCUT2D eigenvalue weighted by molar-refractivity contribution is 6.00. The topological polar surface area (TPSA) is 105 Å². The van der Waals surface area contributed by atoms with Gasteiger partial charge in [-0.25, -0.2) is 0 Å². The molecule has 33 heavy (non-hydrogen) atoms. The molecule has 1 unspecified atom stereocenters. The second-order valence-corrected chi connectivity index (χ2v) is 8.43. The van der Waals surface area contributed by atoms with Crippen molar-refractivity contribution in [3.8, 4) is 11.3 Å². The minimum Gasteiger partial charge on any atom is -0.379 e. The lowest BCUT2D eigenvalue weighted by Gasteiger charge is -2.31. The van der Waals surface area contributed by atoms with Crippen LogP contribution in [0.15, 0.2) is 48.5 Å². The van der Waals surface area contributed by atoms with E-state index in [0.29, 0.717) is 43.3 Å². The van der Waals surface area contributed by atoms with Gasteiger partial charge in [0.05, 0.1) is 29.9 Å². The Balaban J connectivity index is 1.56. The molecule has 3 heterocycles. The molecule has 9 nitrogen and oxygen atoms in total. The first kappa shape index (κ1) is 21.3. The van der Waals surface area contributed by atoms with Gasteiger partial charge >= 0.3 is 0 Å². The number of hydrogen-bond acceptors (Lipinski definition) is 6. The van der Waals surface area contributed by atoms with Gasteiger partial charge in [-0.1, -0.05) is 42.0 Å². The van der Waals surface area contributed by atoms with Crippen LogP contribution < -0.4 is 0 Å². The monoisotopic (exact) mass is 447 g/mol. The Kier molecular flexibility index (Phi) is 5.65. The molecule has 2 aromatic carbocycles. The van der Waals surface area contributed by atoms with E-state index in [1.165, 1.54) is 6.07 Å². The molecule has 0 aliphatic carbocycles. The summed E-state index contributed by atoms with van der Waals surface area (Å²) < 4.78 is 5.43. The summed E-state index contributed by atoms with van der Waals surface area (Å²) in [5.74, 6) is -0.138. The van der Waals surface area contributed by atoms with Gasteiger partial charge in [-0.3, -0.25) is 24.9 Å². The zero-order chi connectivity index (χ0) is 22.9. The standard InChI is InChI=1S/C24H25N5O4/c1-16-5-7-17(8-6-16)21-20-22(26-25-21)24(30)28(10-9-27-11-13-33-14-12-27)23(20)18-3-2-4-19(15-18)29(31)32/h2-8,15,23H,9-14H2,1H3,(H,25,26). The summed E-state index contributed by atoms with van der Waals surface area (Å²) in [6.45, 7) is 6.24. The molecular weight excluding hydrogens is 422 g/mol. The van der Waals surface area contributed by atoms with Crippen LogP contribution in [0.4, 0.5) is 5.69 Å². The number of nitro benzene ring substituents is 1. The van der Waals surface area contributed by atoms with E-state index in [2.05, 4.69) is 15.1 Å². The molecule has 0 radical (unpaired) electrons. The number of aromatic amines is 1. The summed E-state index contributed by atoms with van der Waals surface area (Å²) in [5, 5.41) is 18.9. The van der Waals surface area contributed by atoms with E-state index in [1.807, 2.05) is 37.3 Å². The molecule has 1 atom stereocenters. The second-order valence-electron chi connectivity index (χ2n) is 8.43. The lowest BCUT2D eigenvalue weighted by Crippen LogP contribution is -2.42. The van der Waals surface area contributed by atoms with Crippen LogP contribution in [0, 0.1) is 17.0 Å². The van der Waals surface area contributed by atoms with E-state index in [9.17, 15) is 14.9 Å². The van der Waals surface area contributed by atoms with Crippen molar-refractivity contribution < 1.29 is 14.5 Å². The van der Waals surface area contributed by atoms with Gasteiger partial charge in [0.15, 0.2) is 0 Å². The fraction of sp³-hybridized carbons (Fsp3) is 0.333. The van der Waals surface area contributed by atoms with Gasteiger partial charge < -0.3 is 9.64 Å². The zero-order valence-electron chi connectivity index (χ0n) is 18.4. The molecule has 5 rings (SSSR count). The van der Waals surface area contributed by atoms with Gasteiger partial charge in [0, 0.05) is 49.4 Å². The number of ether oxygens (including phenoxy) is 1. The number of nitrogens with zero attached hydrogens (tertiary/aromatic N) is 4. The molecule has 1 saturated heterocycles. The van der Waals surface area contributed by atoms with E-state index in [1.54, 1.807) is 17.0 Å². The van der Waals surface area contributed by atoms with Crippen molar-refractivity contribution in [3.05, 3.63) is 81.0 Å². The highest BCUT2D eigenvalue weighted by Crippen LogP contribution is 2.43. The number of nitrogens with one attached hydrogen (secondary N) is 1. The van der Waals surface area contributed by atoms with Crippen molar-refractivity contribution in [2.24, 2.45) is 0 Å². The molecule has 9 heteroatoms. The molecule has 1 aromatic heterocycles. The number of hydrogen-bond donors (Lipinski definition) is 1. The first-order chi connectivity index (χ1) is 16.0. The van der Waals surface area contributed by atoms with Crippen LogP contribution in [0.3, 0.4) is 0 Å². The molecule has 3 aromatic rings. The van der Waals surface area contributed by atoms with Gasteiger partial charge in [-0.15, -0.1) is 0 Å². The summed E-state index contributed by atoms with van der Waals surface area (Å²) in [4.78, 5) is 28.6. The number of nitro groups is 1. The Labute approximate surface area is 191 Å². The number of aromatic nitrogens is 2. The SMILES string of the molecule is Cc1ccc(-c2n[nH]c3c2C(c2cccc([N+](=O)[O-])c2)N(CCN2CCOCC2)C3=O)cc1. The largest absolute Gasteiger partial charge is 0.379 e. The summed E-state index contributed by atoms with van der Waals surface area (Å²) in [6.07, 6.45) is 0. The van der Waals surface area contributed by atoms with Crippen molar-refractivity contribution in [2.75, 3.05) is 39.4 Å². The average Bonchev–Trinajstić information content (AvgIpc) is 3.38. The molecule has 0 bridgehead atoms. The smallest absolute Gasteiger partial charge is 0.273 e. The second kappa shape index (κ2) is 8.76. The lowest BCUT2D eigenvalue weighted by atomic mass is 9.95. The molecule has 1 fully saturated rings. The fourth-order valence-corrected chi connectivity index (χ4v) is 4.59. The minimum absolute atomic E-state index is 0.00177. The number of rotatable bonds is 6. The maximum atomic E-state index is 13.4. The highest BCUT2D eigenvalue weighted by Gasteiger charge is 2.42. The van der Waals surface area contributed by atoms with Crippen LogP contribution in [-0.2, 0) is 4.74 Å². The van der Waals surface area contributed by atoms with Gasteiger partial charge in [-0.05, 0) is 12.5 Å². The Morgan fingerprint density at radius 2 is 1.91 bits per heavy atom. The number of morpholine rings is 1. The molecule has 1 amide bonds. The number of H-pyrrole nitrogens is 1. The van der Waals surface area contributed by atoms with Crippen molar-refractivity contribution in [1.29, 1.82) is 0 Å². The zero-order valence-corrected chi connectivity index (χ0v) is 18.4. The van der Waals surface area contributed by atoms with E-state index in [0.717, 1.165) is 29.8 Å². The highest BCUT2D eigenvalue weighted by atomic mass is 16.6. The van der Waals surface area contributed by atoms with Crippen molar-refractivity contribution in [3.63, 3.8) is 0 Å². The van der Waals surface area contributed by atoms with Crippen LogP contribution in [0.25, 0.3) is 11.3 Å². The number of amides is 1. The van der Waals surface area contributed by atoms with Crippen LogP contribution in [-0.4, -0.2) is 70.2 Å². The van der Waals surface area contributed by atoms with Crippen molar-refractivity contribution in [1.82, 2.24) is 20.0 Å². The minimum atomic E-state index is -0.455. The summed E-state index contributed by atoms with van der Waals surface area (Å²) in [5.41, 5.74) is 4.65. The Hall–Kier alpha value is -3.56. The summed E-state index contributed by atoms with van der Waals surface area (Å²) >= 11 is 0. The van der Waals surface area contributed by atoms with E-state index in [-0.39, 0.29) is 11.6 Å². The van der Waals surface area contributed by atoms with Crippen LogP contribution in [0.1, 0.15) is 33.2 Å². The third kappa shape index (κ3) is 4.01. The third-order valence-corrected chi connectivity index (χ3v) is 6.35. The van der Waals surface area contributed by atoms with Gasteiger partial charge in [0.2, 0.25) is 0 Å². The van der Waals surface area contributed by atoms with Crippen molar-refractivity contribution in [2.45, 2.75) is 13.0 Å². The maximum absolute atomic E-state index is 13.4. The predicted octanol–water partition coefficient (Wildman–Crippen LogP) is 3.17. The van der Waals surface area contributed by atoms with Crippen LogP contribution in [0.2, 0.25) is 0 Å². The molecule has 0 spiro atoms. The maximum Gasteiger partial charge on any atom is 0.273 e. The predicted molar refractivity (Wildman–Crippen MR) is 122 cm³/mol. The van der Waals surface area contributed by atoms with Gasteiger partial charge in [-0.2, -0.15) is 5.10 Å². The molecule has 2 aliphatic rings. The number of aryl methyl sites for hydroxylation is 1. The quantitative estimate of drug-likeness (QED) is 0.460. The summed E-state index contributed by atoms with van der Waals surface area (Å²) in [6, 6.07) is 14.1. The van der Waals surface area contributed by atoms with E-state index in [4.69, 9.17) is 4.74 Å². The first-order valence-corrected chi connectivity index (χ1v) is 11.0. The molecule has 2 aliphatic heterocycles. The van der Waals surface area contributed by atoms with Crippen LogP contribution >= 0.6 is 0 Å². The fourth-order valence-electron chi connectivity index (χ4n) is 4.59. The van der Waals surface area contributed by atoms with E-state index >= 15 is 0 Å². The number of fused-ring (bicyclic) bond motifs is 1. The molecule has 1 N–H and O–H groups in total. The molecule has 0 saturated carbocycles. The Morgan fingerprint density at radius 3 is 2.64 bits per heavy atom. The Bertz CT molecular complexity index is 1180. The van der Waals surface area contributed by atoms with Gasteiger partial charge in [0.25, 0.3) is 11.6 Å².